The molecule has 2 fully saturated rings. The van der Waals surface area contributed by atoms with Crippen molar-refractivity contribution in [1.29, 1.82) is 0 Å². The van der Waals surface area contributed by atoms with Crippen LogP contribution in [0.3, 0.4) is 0 Å². The van der Waals surface area contributed by atoms with E-state index < -0.39 is 12.1 Å². The van der Waals surface area contributed by atoms with Crippen LogP contribution < -0.4 is 4.74 Å². The highest BCUT2D eigenvalue weighted by molar-refractivity contribution is 5.76. The molecule has 2 saturated heterocycles. The van der Waals surface area contributed by atoms with E-state index in [9.17, 15) is 18.0 Å². The lowest BCUT2D eigenvalue weighted by Gasteiger charge is -2.38. The van der Waals surface area contributed by atoms with Crippen molar-refractivity contribution >= 4 is 11.9 Å². The van der Waals surface area contributed by atoms with Gasteiger partial charge < -0.3 is 24.2 Å². The summed E-state index contributed by atoms with van der Waals surface area (Å²) in [6.07, 6.45) is -0.257. The van der Waals surface area contributed by atoms with E-state index in [4.69, 9.17) is 24.1 Å². The average molecular weight is 434 g/mol. The molecule has 8 nitrogen and oxygen atoms in total. The van der Waals surface area contributed by atoms with E-state index in [1.165, 1.54) is 0 Å². The molecule has 0 aliphatic carbocycles. The number of ether oxygens (including phenoxy) is 3. The minimum atomic E-state index is -5.08. The summed E-state index contributed by atoms with van der Waals surface area (Å²) in [5.41, 5.74) is -0.141. The highest BCUT2D eigenvalue weighted by atomic mass is 19.4. The third-order valence-electron chi connectivity index (χ3n) is 4.89. The number of likely N-dealkylation sites (tertiary alicyclic amines) is 1. The van der Waals surface area contributed by atoms with E-state index in [0.29, 0.717) is 25.5 Å². The molecule has 1 aromatic rings. The van der Waals surface area contributed by atoms with Crippen LogP contribution in [-0.2, 0) is 19.1 Å². The van der Waals surface area contributed by atoms with Crippen molar-refractivity contribution in [2.75, 3.05) is 33.4 Å². The quantitative estimate of drug-likeness (QED) is 0.759. The summed E-state index contributed by atoms with van der Waals surface area (Å²) in [4.78, 5) is 27.0. The standard InChI is InChI=1S/C17H24N2O4.C2HF3O2/c1-21-11-5-16(20)19-9-6-17(7-10-19)12-14(13-22-17)23-15-4-2-3-8-18-15;3-2(4,5)1(6)7/h2-4,8,14H,5-7,9-13H2,1H3;(H,6,7). The number of pyridine rings is 1. The fraction of sp³-hybridized carbons (Fsp3) is 0.632. The zero-order chi connectivity index (χ0) is 22.2. The van der Waals surface area contributed by atoms with Crippen molar-refractivity contribution in [2.24, 2.45) is 0 Å². The first-order valence-electron chi connectivity index (χ1n) is 9.44. The molecule has 0 radical (unpaired) electrons. The number of carbonyl (C=O) groups is 2. The van der Waals surface area contributed by atoms with Gasteiger partial charge in [-0.3, -0.25) is 4.79 Å². The molecule has 1 amide bonds. The molecule has 1 N–H and O–H groups in total. The predicted octanol–water partition coefficient (Wildman–Crippen LogP) is 2.28. The largest absolute Gasteiger partial charge is 0.490 e. The van der Waals surface area contributed by atoms with Crippen LogP contribution in [0.25, 0.3) is 0 Å². The second-order valence-corrected chi connectivity index (χ2v) is 7.03. The maximum atomic E-state index is 12.0. The summed E-state index contributed by atoms with van der Waals surface area (Å²) >= 11 is 0. The summed E-state index contributed by atoms with van der Waals surface area (Å²) in [6.45, 7) is 2.57. The minimum absolute atomic E-state index is 0.0423. The van der Waals surface area contributed by atoms with E-state index in [1.807, 2.05) is 23.1 Å². The highest BCUT2D eigenvalue weighted by Crippen LogP contribution is 2.37. The molecule has 1 atom stereocenters. The first kappa shape index (κ1) is 23.9. The van der Waals surface area contributed by atoms with E-state index >= 15 is 0 Å². The van der Waals surface area contributed by atoms with Gasteiger partial charge in [0, 0.05) is 38.9 Å². The number of nitrogens with zero attached hydrogens (tertiary/aromatic N) is 2. The highest BCUT2D eigenvalue weighted by Gasteiger charge is 2.44. The van der Waals surface area contributed by atoms with Gasteiger partial charge in [-0.25, -0.2) is 9.78 Å². The predicted molar refractivity (Wildman–Crippen MR) is 98.0 cm³/mol. The van der Waals surface area contributed by atoms with Crippen molar-refractivity contribution in [3.63, 3.8) is 0 Å². The molecule has 168 valence electrons. The van der Waals surface area contributed by atoms with Gasteiger partial charge in [-0.2, -0.15) is 13.2 Å². The summed E-state index contributed by atoms with van der Waals surface area (Å²) in [7, 11) is 1.62. The fourth-order valence-corrected chi connectivity index (χ4v) is 3.33. The Kier molecular flexibility index (Phi) is 8.42. The maximum Gasteiger partial charge on any atom is 0.490 e. The SMILES string of the molecule is COCCC(=O)N1CCC2(CC1)CC(Oc1ccccn1)CO2.O=C(O)C(F)(F)F. The van der Waals surface area contributed by atoms with Crippen LogP contribution in [0.15, 0.2) is 24.4 Å². The van der Waals surface area contributed by atoms with E-state index in [2.05, 4.69) is 4.98 Å². The first-order valence-corrected chi connectivity index (χ1v) is 9.44. The Balaban J connectivity index is 0.000000396. The number of aromatic nitrogens is 1. The molecule has 0 aromatic carbocycles. The Hall–Kier alpha value is -2.40. The van der Waals surface area contributed by atoms with Gasteiger partial charge >= 0.3 is 12.1 Å². The molecule has 2 aliphatic rings. The zero-order valence-electron chi connectivity index (χ0n) is 16.6. The lowest BCUT2D eigenvalue weighted by Crippen LogP contribution is -2.46. The van der Waals surface area contributed by atoms with Crippen LogP contribution in [0.2, 0.25) is 0 Å². The number of carboxylic acid groups (broad SMARTS) is 1. The number of methoxy groups -OCH3 is 1. The Bertz CT molecular complexity index is 693. The average Bonchev–Trinajstić information content (AvgIpc) is 3.09. The molecule has 3 heterocycles. The van der Waals surface area contributed by atoms with Gasteiger partial charge in [0.2, 0.25) is 11.8 Å². The molecule has 0 bridgehead atoms. The van der Waals surface area contributed by atoms with Crippen LogP contribution in [0.4, 0.5) is 13.2 Å². The number of carboxylic acids is 1. The summed E-state index contributed by atoms with van der Waals surface area (Å²) in [5.74, 6) is -1.95. The lowest BCUT2D eigenvalue weighted by atomic mass is 9.88. The van der Waals surface area contributed by atoms with Crippen molar-refractivity contribution in [3.8, 4) is 5.88 Å². The van der Waals surface area contributed by atoms with Crippen LogP contribution in [-0.4, -0.2) is 78.2 Å². The van der Waals surface area contributed by atoms with Crippen LogP contribution in [0, 0.1) is 0 Å². The Morgan fingerprint density at radius 2 is 2.00 bits per heavy atom. The van der Waals surface area contributed by atoms with Gasteiger partial charge in [-0.05, 0) is 18.9 Å². The number of amides is 1. The second kappa shape index (κ2) is 10.6. The molecule has 0 saturated carbocycles. The molecule has 1 unspecified atom stereocenters. The molecule has 2 aliphatic heterocycles. The van der Waals surface area contributed by atoms with E-state index in [-0.39, 0.29) is 17.6 Å². The number of hydrogen-bond acceptors (Lipinski definition) is 6. The van der Waals surface area contributed by atoms with Gasteiger partial charge in [-0.15, -0.1) is 0 Å². The van der Waals surface area contributed by atoms with Crippen LogP contribution in [0.1, 0.15) is 25.7 Å². The third-order valence-corrected chi connectivity index (χ3v) is 4.89. The Morgan fingerprint density at radius 3 is 2.53 bits per heavy atom. The van der Waals surface area contributed by atoms with Crippen LogP contribution in [0.5, 0.6) is 5.88 Å². The number of alkyl halides is 3. The molecule has 1 spiro atoms. The Labute approximate surface area is 171 Å². The van der Waals surface area contributed by atoms with Crippen molar-refractivity contribution < 1.29 is 42.1 Å². The number of piperidine rings is 1. The third kappa shape index (κ3) is 7.13. The second-order valence-electron chi connectivity index (χ2n) is 7.03. The van der Waals surface area contributed by atoms with Gasteiger partial charge in [0.1, 0.15) is 6.10 Å². The smallest absolute Gasteiger partial charge is 0.475 e. The summed E-state index contributed by atoms with van der Waals surface area (Å²) < 4.78 is 48.7. The van der Waals surface area contributed by atoms with E-state index in [0.717, 1.165) is 32.4 Å². The zero-order valence-corrected chi connectivity index (χ0v) is 16.6. The molecule has 1 aromatic heterocycles. The Morgan fingerprint density at radius 1 is 1.33 bits per heavy atom. The van der Waals surface area contributed by atoms with Gasteiger partial charge in [0.05, 0.1) is 25.2 Å². The maximum absolute atomic E-state index is 12.0. The summed E-state index contributed by atoms with van der Waals surface area (Å²) in [5, 5.41) is 7.12. The number of hydrogen-bond donors (Lipinski definition) is 1. The van der Waals surface area contributed by atoms with Crippen LogP contribution >= 0.6 is 0 Å². The monoisotopic (exact) mass is 434 g/mol. The topological polar surface area (TPSA) is 98.2 Å². The number of aliphatic carboxylic acids is 1. The van der Waals surface area contributed by atoms with Crippen molar-refractivity contribution in [2.45, 2.75) is 43.6 Å². The molecule has 30 heavy (non-hydrogen) atoms. The van der Waals surface area contributed by atoms with Crippen molar-refractivity contribution in [3.05, 3.63) is 24.4 Å². The van der Waals surface area contributed by atoms with Crippen molar-refractivity contribution in [1.82, 2.24) is 9.88 Å². The van der Waals surface area contributed by atoms with Gasteiger partial charge in [-0.1, -0.05) is 6.07 Å². The van der Waals surface area contributed by atoms with Gasteiger partial charge in [0.15, 0.2) is 0 Å². The number of halogens is 3. The molecule has 11 heteroatoms. The normalized spacial score (nSPS) is 20.4. The molecular formula is C19H25F3N2O6. The van der Waals surface area contributed by atoms with Gasteiger partial charge in [0.25, 0.3) is 0 Å². The molecular weight excluding hydrogens is 409 g/mol. The number of rotatable bonds is 5. The number of carbonyl (C=O) groups excluding carboxylic acids is 1. The fourth-order valence-electron chi connectivity index (χ4n) is 3.33. The first-order chi connectivity index (χ1) is 14.1. The summed E-state index contributed by atoms with van der Waals surface area (Å²) in [6, 6.07) is 5.65. The van der Waals surface area contributed by atoms with E-state index in [1.54, 1.807) is 13.3 Å². The lowest BCUT2D eigenvalue weighted by molar-refractivity contribution is -0.192. The molecule has 3 rings (SSSR count). The minimum Gasteiger partial charge on any atom is -0.475 e.